The molecule has 0 aromatic heterocycles. The summed E-state index contributed by atoms with van der Waals surface area (Å²) in [5, 5.41) is 6.10. The van der Waals surface area contributed by atoms with Gasteiger partial charge in [-0.15, -0.1) is 0 Å². The van der Waals surface area contributed by atoms with Gasteiger partial charge in [0, 0.05) is 17.2 Å². The highest BCUT2D eigenvalue weighted by Gasteiger charge is 2.63. The van der Waals surface area contributed by atoms with E-state index in [2.05, 4.69) is 10.6 Å². The number of rotatable bonds is 4. The Balaban J connectivity index is 1.30. The average molecular weight is 411 g/mol. The van der Waals surface area contributed by atoms with Crippen LogP contribution in [0.2, 0.25) is 5.02 Å². The molecule has 6 nitrogen and oxygen atoms in total. The van der Waals surface area contributed by atoms with Crippen LogP contribution >= 0.6 is 11.6 Å². The van der Waals surface area contributed by atoms with Gasteiger partial charge in [0.1, 0.15) is 6.10 Å². The summed E-state index contributed by atoms with van der Waals surface area (Å²) in [6.45, 7) is 0. The molecule has 3 aliphatic rings. The van der Waals surface area contributed by atoms with E-state index in [9.17, 15) is 14.4 Å². The lowest BCUT2D eigenvalue weighted by molar-refractivity contribution is -0.145. The molecule has 1 aliphatic heterocycles. The third-order valence-electron chi connectivity index (χ3n) is 6.30. The van der Waals surface area contributed by atoms with Crippen molar-refractivity contribution in [2.75, 3.05) is 10.6 Å². The molecule has 2 aliphatic carbocycles. The summed E-state index contributed by atoms with van der Waals surface area (Å²) in [5.74, 6) is -1.06. The first-order valence-corrected chi connectivity index (χ1v) is 10.1. The Bertz CT molecular complexity index is 1020. The Hall–Kier alpha value is -2.86. The Morgan fingerprint density at radius 3 is 2.69 bits per heavy atom. The number of fused-ring (bicyclic) bond motifs is 1. The van der Waals surface area contributed by atoms with Crippen LogP contribution in [0.3, 0.4) is 0 Å². The van der Waals surface area contributed by atoms with Gasteiger partial charge < -0.3 is 15.4 Å². The topological polar surface area (TPSA) is 84.5 Å². The highest BCUT2D eigenvalue weighted by molar-refractivity contribution is 6.33. The molecule has 1 saturated heterocycles. The fraction of sp³-hybridized carbons (Fsp3) is 0.318. The van der Waals surface area contributed by atoms with Crippen molar-refractivity contribution in [2.24, 2.45) is 23.7 Å². The molecule has 0 radical (unpaired) electrons. The SMILES string of the molecule is O=C(Nc1ccccc1Cl)c1cccc(NC(=O)[C@@H]2[C@@H]3C[C@H]4[C@@H]2C(=O)O[C@@H]4C3)c1. The van der Waals surface area contributed by atoms with Gasteiger partial charge in [-0.25, -0.2) is 0 Å². The van der Waals surface area contributed by atoms with Crippen molar-refractivity contribution in [3.8, 4) is 0 Å². The predicted octanol–water partition coefficient (Wildman–Crippen LogP) is 3.73. The highest BCUT2D eigenvalue weighted by Crippen LogP contribution is 2.57. The number of hydrogen-bond donors (Lipinski definition) is 2. The van der Waals surface area contributed by atoms with Crippen molar-refractivity contribution >= 4 is 40.8 Å². The Labute approximate surface area is 172 Å². The number of carbonyl (C=O) groups excluding carboxylic acids is 3. The normalized spacial score (nSPS) is 28.9. The lowest BCUT2D eigenvalue weighted by Gasteiger charge is -2.23. The van der Waals surface area contributed by atoms with E-state index >= 15 is 0 Å². The molecule has 2 saturated carbocycles. The smallest absolute Gasteiger partial charge is 0.310 e. The van der Waals surface area contributed by atoms with Gasteiger partial charge >= 0.3 is 5.97 Å². The molecule has 5 rings (SSSR count). The minimum absolute atomic E-state index is 0.00150. The second kappa shape index (κ2) is 6.88. The second-order valence-corrected chi connectivity index (χ2v) is 8.33. The largest absolute Gasteiger partial charge is 0.462 e. The number of esters is 1. The van der Waals surface area contributed by atoms with Gasteiger partial charge in [0.05, 0.1) is 22.5 Å². The lowest BCUT2D eigenvalue weighted by atomic mass is 9.79. The molecule has 1 heterocycles. The van der Waals surface area contributed by atoms with Crippen LogP contribution < -0.4 is 10.6 Å². The van der Waals surface area contributed by atoms with Gasteiger partial charge in [0.25, 0.3) is 5.91 Å². The molecule has 7 heteroatoms. The Morgan fingerprint density at radius 1 is 1.03 bits per heavy atom. The zero-order valence-electron chi connectivity index (χ0n) is 15.4. The first kappa shape index (κ1) is 18.2. The minimum Gasteiger partial charge on any atom is -0.462 e. The summed E-state index contributed by atoms with van der Waals surface area (Å²) in [6, 6.07) is 13.7. The van der Waals surface area contributed by atoms with Crippen LogP contribution in [-0.4, -0.2) is 23.9 Å². The summed E-state index contributed by atoms with van der Waals surface area (Å²) in [6.07, 6.45) is 1.64. The Kier molecular flexibility index (Phi) is 4.32. The van der Waals surface area contributed by atoms with Crippen LogP contribution in [0, 0.1) is 23.7 Å². The third-order valence-corrected chi connectivity index (χ3v) is 6.63. The van der Waals surface area contributed by atoms with E-state index in [1.807, 2.05) is 0 Å². The minimum atomic E-state index is -0.355. The quantitative estimate of drug-likeness (QED) is 0.752. The zero-order valence-corrected chi connectivity index (χ0v) is 16.2. The fourth-order valence-electron chi connectivity index (χ4n) is 5.08. The van der Waals surface area contributed by atoms with Gasteiger partial charge in [-0.1, -0.05) is 29.8 Å². The van der Waals surface area contributed by atoms with E-state index in [1.54, 1.807) is 48.5 Å². The van der Waals surface area contributed by atoms with Crippen LogP contribution in [0.5, 0.6) is 0 Å². The maximum Gasteiger partial charge on any atom is 0.310 e. The fourth-order valence-corrected chi connectivity index (χ4v) is 5.27. The first-order chi connectivity index (χ1) is 14.0. The summed E-state index contributed by atoms with van der Waals surface area (Å²) >= 11 is 6.09. The monoisotopic (exact) mass is 410 g/mol. The van der Waals surface area contributed by atoms with Crippen LogP contribution in [0.1, 0.15) is 23.2 Å². The van der Waals surface area contributed by atoms with Crippen molar-refractivity contribution in [3.05, 3.63) is 59.1 Å². The standard InChI is InChI=1S/C22H19ClN2O4/c23-15-6-1-2-7-16(15)25-20(26)11-4-3-5-13(8-11)24-21(27)18-12-9-14-17(10-12)29-22(28)19(14)18/h1-8,12,14,17-19H,9-10H2,(H,24,27)(H,25,26)/t12-,14-,17-,18-,19+/m1/s1. The Morgan fingerprint density at radius 2 is 1.86 bits per heavy atom. The molecule has 2 aromatic rings. The highest BCUT2D eigenvalue weighted by atomic mass is 35.5. The second-order valence-electron chi connectivity index (χ2n) is 7.93. The summed E-state index contributed by atoms with van der Waals surface area (Å²) in [5.41, 5.74) is 1.44. The molecule has 2 amide bonds. The van der Waals surface area contributed by atoms with Crippen LogP contribution in [-0.2, 0) is 14.3 Å². The third kappa shape index (κ3) is 3.08. The van der Waals surface area contributed by atoms with E-state index in [0.717, 1.165) is 12.8 Å². The van der Waals surface area contributed by atoms with Gasteiger partial charge in [-0.2, -0.15) is 0 Å². The van der Waals surface area contributed by atoms with Crippen molar-refractivity contribution in [3.63, 3.8) is 0 Å². The number of halogens is 1. The number of anilines is 2. The van der Waals surface area contributed by atoms with E-state index in [1.165, 1.54) is 0 Å². The summed E-state index contributed by atoms with van der Waals surface area (Å²) < 4.78 is 5.40. The molecule has 5 atom stereocenters. The van der Waals surface area contributed by atoms with E-state index < -0.39 is 0 Å². The predicted molar refractivity (Wildman–Crippen MR) is 108 cm³/mol. The number of nitrogens with one attached hydrogen (secondary N) is 2. The van der Waals surface area contributed by atoms with Gasteiger partial charge in [0.15, 0.2) is 0 Å². The molecule has 0 unspecified atom stereocenters. The number of benzene rings is 2. The molecular weight excluding hydrogens is 392 g/mol. The average Bonchev–Trinajstić information content (AvgIpc) is 3.32. The summed E-state index contributed by atoms with van der Waals surface area (Å²) in [7, 11) is 0. The lowest BCUT2D eigenvalue weighted by Crippen LogP contribution is -2.35. The van der Waals surface area contributed by atoms with Gasteiger partial charge in [-0.05, 0) is 49.1 Å². The van der Waals surface area contributed by atoms with E-state index in [-0.39, 0.29) is 47.6 Å². The number of amides is 2. The zero-order chi connectivity index (χ0) is 20.1. The van der Waals surface area contributed by atoms with Crippen LogP contribution in [0.15, 0.2) is 48.5 Å². The molecule has 3 fully saturated rings. The number of para-hydroxylation sites is 1. The maximum absolute atomic E-state index is 12.9. The van der Waals surface area contributed by atoms with Crippen LogP contribution in [0.25, 0.3) is 0 Å². The molecule has 29 heavy (non-hydrogen) atoms. The molecule has 2 bridgehead atoms. The summed E-state index contributed by atoms with van der Waals surface area (Å²) in [4.78, 5) is 37.6. The maximum atomic E-state index is 12.9. The molecule has 0 spiro atoms. The van der Waals surface area contributed by atoms with Crippen molar-refractivity contribution in [1.29, 1.82) is 0 Å². The first-order valence-electron chi connectivity index (χ1n) is 9.68. The number of carbonyl (C=O) groups is 3. The molecule has 2 N–H and O–H groups in total. The molecule has 148 valence electrons. The number of ether oxygens (including phenoxy) is 1. The van der Waals surface area contributed by atoms with Gasteiger partial charge in [0.2, 0.25) is 5.91 Å². The van der Waals surface area contributed by atoms with Crippen molar-refractivity contribution in [1.82, 2.24) is 0 Å². The van der Waals surface area contributed by atoms with E-state index in [4.69, 9.17) is 16.3 Å². The molecular formula is C22H19ClN2O4. The van der Waals surface area contributed by atoms with Gasteiger partial charge in [-0.3, -0.25) is 14.4 Å². The van der Waals surface area contributed by atoms with Crippen LogP contribution in [0.4, 0.5) is 11.4 Å². The van der Waals surface area contributed by atoms with Crippen molar-refractivity contribution in [2.45, 2.75) is 18.9 Å². The number of hydrogen-bond acceptors (Lipinski definition) is 4. The van der Waals surface area contributed by atoms with E-state index in [0.29, 0.717) is 22.0 Å². The van der Waals surface area contributed by atoms with Crippen molar-refractivity contribution < 1.29 is 19.1 Å². The molecule has 2 aromatic carbocycles.